The Morgan fingerprint density at radius 2 is 2.12 bits per heavy atom. The zero-order valence-corrected chi connectivity index (χ0v) is 15.8. The molecule has 32 heavy (non-hydrogen) atoms. The van der Waals surface area contributed by atoms with Crippen molar-refractivity contribution in [2.45, 2.75) is 30.9 Å². The Morgan fingerprint density at radius 1 is 1.38 bits per heavy atom. The van der Waals surface area contributed by atoms with Crippen LogP contribution in [0, 0.1) is 0 Å². The summed E-state index contributed by atoms with van der Waals surface area (Å²) < 4.78 is 61.2. The molecule has 0 spiro atoms. The fourth-order valence-corrected chi connectivity index (χ4v) is 3.69. The molecule has 3 aromatic heterocycles. The minimum absolute atomic E-state index is 0.000597. The molecule has 1 aliphatic heterocycles. The van der Waals surface area contributed by atoms with Gasteiger partial charge in [0.25, 0.3) is 5.56 Å². The maximum atomic E-state index is 14.7. The highest BCUT2D eigenvalue weighted by molar-refractivity contribution is 5.75. The number of aromatic amines is 2. The lowest BCUT2D eigenvalue weighted by molar-refractivity contribution is -0.0987. The highest BCUT2D eigenvalue weighted by Crippen LogP contribution is 2.41. The van der Waals surface area contributed by atoms with Crippen molar-refractivity contribution in [2.75, 3.05) is 11.4 Å². The van der Waals surface area contributed by atoms with Gasteiger partial charge in [-0.2, -0.15) is 5.10 Å². The second-order valence-electron chi connectivity index (χ2n) is 6.98. The quantitative estimate of drug-likeness (QED) is 0.383. The summed E-state index contributed by atoms with van der Waals surface area (Å²) in [6.45, 7) is -1.14. The summed E-state index contributed by atoms with van der Waals surface area (Å²) in [5.41, 5.74) is -1.92. The van der Waals surface area contributed by atoms with Gasteiger partial charge in [0, 0.05) is 25.0 Å². The maximum Gasteiger partial charge on any atom is 0.506 e. The van der Waals surface area contributed by atoms with Crippen LogP contribution in [-0.2, 0) is 4.74 Å². The van der Waals surface area contributed by atoms with E-state index in [1.54, 1.807) is 0 Å². The molecule has 4 rings (SSSR count). The van der Waals surface area contributed by atoms with Gasteiger partial charge in [-0.1, -0.05) is 0 Å². The molecule has 1 aliphatic rings. The van der Waals surface area contributed by atoms with E-state index in [0.29, 0.717) is 0 Å². The number of hydrogen-bond acceptors (Lipinski definition) is 7. The number of alkyl halides is 4. The summed E-state index contributed by atoms with van der Waals surface area (Å²) in [6, 6.07) is -0.561. The van der Waals surface area contributed by atoms with Gasteiger partial charge in [0.2, 0.25) is 6.43 Å². The minimum atomic E-state index is -3.79. The number of H-pyrrole nitrogens is 2. The fourth-order valence-electron chi connectivity index (χ4n) is 3.69. The lowest BCUT2D eigenvalue weighted by Gasteiger charge is -2.28. The number of fused-ring (bicyclic) bond motifs is 1. The van der Waals surface area contributed by atoms with Crippen molar-refractivity contribution in [1.82, 2.24) is 24.6 Å². The number of hydrogen-bond donors (Lipinski definition) is 3. The first-order chi connectivity index (χ1) is 15.1. The molecule has 1 saturated heterocycles. The van der Waals surface area contributed by atoms with Crippen LogP contribution in [-0.4, -0.2) is 66.9 Å². The maximum absolute atomic E-state index is 14.7. The summed E-state index contributed by atoms with van der Waals surface area (Å²) in [6.07, 6.45) is -4.89. The van der Waals surface area contributed by atoms with Gasteiger partial charge < -0.3 is 19.7 Å². The molecule has 11 nitrogen and oxygen atoms in total. The summed E-state index contributed by atoms with van der Waals surface area (Å²) >= 11 is 0. The monoisotopic (exact) mass is 458 g/mol. The first-order valence-corrected chi connectivity index (χ1v) is 9.06. The molecule has 1 fully saturated rings. The molecular formula is C17H14F4N6O5. The van der Waals surface area contributed by atoms with E-state index in [0.717, 1.165) is 15.6 Å². The Labute approximate surface area is 174 Å². The molecule has 0 bridgehead atoms. The van der Waals surface area contributed by atoms with Crippen molar-refractivity contribution in [3.8, 4) is 11.3 Å². The normalized spacial score (nSPS) is 20.2. The third-order valence-electron chi connectivity index (χ3n) is 4.94. The molecule has 3 aromatic rings. The van der Waals surface area contributed by atoms with Crippen LogP contribution in [0.15, 0.2) is 34.2 Å². The van der Waals surface area contributed by atoms with Gasteiger partial charge in [-0.3, -0.25) is 9.78 Å². The first-order valence-electron chi connectivity index (χ1n) is 9.06. The number of nitrogens with one attached hydrogen (secondary N) is 2. The largest absolute Gasteiger partial charge is 0.506 e. The Bertz CT molecular complexity index is 1290. The van der Waals surface area contributed by atoms with E-state index >= 15 is 0 Å². The van der Waals surface area contributed by atoms with Crippen LogP contribution in [0.25, 0.3) is 16.9 Å². The molecule has 0 aliphatic carbocycles. The molecule has 1 unspecified atom stereocenters. The van der Waals surface area contributed by atoms with E-state index in [-0.39, 0.29) is 22.6 Å². The zero-order valence-electron chi connectivity index (χ0n) is 15.8. The van der Waals surface area contributed by atoms with Crippen molar-refractivity contribution >= 4 is 17.5 Å². The summed E-state index contributed by atoms with van der Waals surface area (Å²) in [4.78, 5) is 43.5. The minimum Gasteiger partial charge on any atom is -0.450 e. The number of anilines is 1. The van der Waals surface area contributed by atoms with E-state index in [1.807, 2.05) is 4.98 Å². The van der Waals surface area contributed by atoms with E-state index in [1.165, 1.54) is 18.5 Å². The van der Waals surface area contributed by atoms with Crippen molar-refractivity contribution in [3.63, 3.8) is 0 Å². The molecule has 0 aromatic carbocycles. The fraction of sp³-hybridized carbons (Fsp3) is 0.353. The van der Waals surface area contributed by atoms with Gasteiger partial charge in [0.05, 0.1) is 23.8 Å². The van der Waals surface area contributed by atoms with Gasteiger partial charge in [-0.25, -0.2) is 36.7 Å². The lowest BCUT2D eigenvalue weighted by Crippen LogP contribution is -2.42. The molecule has 170 valence electrons. The third kappa shape index (κ3) is 3.76. The number of carboxylic acid groups (broad SMARTS) is 1. The van der Waals surface area contributed by atoms with Crippen LogP contribution in [0.3, 0.4) is 0 Å². The highest BCUT2D eigenvalue weighted by Gasteiger charge is 2.58. The van der Waals surface area contributed by atoms with Crippen LogP contribution < -0.4 is 16.1 Å². The second kappa shape index (κ2) is 7.65. The number of ether oxygens (including phenoxy) is 1. The van der Waals surface area contributed by atoms with Crippen LogP contribution in [0.4, 0.5) is 28.0 Å². The van der Waals surface area contributed by atoms with Crippen molar-refractivity contribution < 1.29 is 32.2 Å². The van der Waals surface area contributed by atoms with Crippen molar-refractivity contribution in [2.24, 2.45) is 0 Å². The summed E-state index contributed by atoms with van der Waals surface area (Å²) in [5.74, 6) is -3.79. The third-order valence-corrected chi connectivity index (χ3v) is 4.94. The Kier molecular flexibility index (Phi) is 5.10. The lowest BCUT2D eigenvalue weighted by atomic mass is 10.1. The van der Waals surface area contributed by atoms with Crippen LogP contribution in [0.1, 0.15) is 6.42 Å². The summed E-state index contributed by atoms with van der Waals surface area (Å²) in [5, 5.41) is 13.0. The Balaban J connectivity index is 1.89. The van der Waals surface area contributed by atoms with Gasteiger partial charge in [-0.05, 0) is 6.07 Å². The van der Waals surface area contributed by atoms with Crippen molar-refractivity contribution in [1.29, 1.82) is 0 Å². The Morgan fingerprint density at radius 3 is 2.78 bits per heavy atom. The first kappa shape index (κ1) is 21.3. The SMILES string of the molecule is O=C(O)OC1[C@@H](CC(F)F)N(c2cc(-c3c[nH]c(=O)[nH]c3=O)nn3ccnc23)CC1(F)F. The predicted molar refractivity (Wildman–Crippen MR) is 99.3 cm³/mol. The van der Waals surface area contributed by atoms with Gasteiger partial charge in [0.15, 0.2) is 11.8 Å². The molecular weight excluding hydrogens is 444 g/mol. The zero-order chi connectivity index (χ0) is 23.2. The number of rotatable bonds is 5. The van der Waals surface area contributed by atoms with Gasteiger partial charge in [0.1, 0.15) is 5.69 Å². The molecule has 4 heterocycles. The van der Waals surface area contributed by atoms with Crippen LogP contribution >= 0.6 is 0 Å². The Hall–Kier alpha value is -3.91. The molecule has 15 heteroatoms. The van der Waals surface area contributed by atoms with Crippen LogP contribution in [0.5, 0.6) is 0 Å². The highest BCUT2D eigenvalue weighted by atomic mass is 19.3. The average molecular weight is 458 g/mol. The van der Waals surface area contributed by atoms with Gasteiger partial charge >= 0.3 is 17.8 Å². The van der Waals surface area contributed by atoms with E-state index in [9.17, 15) is 31.9 Å². The predicted octanol–water partition coefficient (Wildman–Crippen LogP) is 1.32. The number of carbonyl (C=O) groups is 1. The number of nitrogens with zero attached hydrogens (tertiary/aromatic N) is 4. The smallest absolute Gasteiger partial charge is 0.450 e. The molecule has 3 N–H and O–H groups in total. The molecule has 0 amide bonds. The molecule has 2 atom stereocenters. The van der Waals surface area contributed by atoms with Gasteiger partial charge in [-0.15, -0.1) is 0 Å². The molecule has 0 radical (unpaired) electrons. The summed E-state index contributed by atoms with van der Waals surface area (Å²) in [7, 11) is 0. The molecule has 0 saturated carbocycles. The van der Waals surface area contributed by atoms with E-state index in [2.05, 4.69) is 19.8 Å². The van der Waals surface area contributed by atoms with Crippen LogP contribution in [0.2, 0.25) is 0 Å². The topological polar surface area (TPSA) is 146 Å². The van der Waals surface area contributed by atoms with E-state index < -0.39 is 54.9 Å². The average Bonchev–Trinajstić information content (AvgIpc) is 3.24. The second-order valence-corrected chi connectivity index (χ2v) is 6.98. The number of aromatic nitrogens is 5. The standard InChI is InChI=1S/C17H14F4N6O5/c18-11(19)4-9-12(32-16(30)31)17(20,21)6-26(9)10-3-8(25-27-2-1-22-13(10)27)7-5-23-15(29)24-14(7)28/h1-3,5,9,11-12H,4,6H2,(H,30,31)(H2,23,24,28,29)/t9-,12?/m1/s1. The van der Waals surface area contributed by atoms with E-state index in [4.69, 9.17) is 5.11 Å². The van der Waals surface area contributed by atoms with Crippen molar-refractivity contribution in [3.05, 3.63) is 45.5 Å². The number of halogens is 4. The number of imidazole rings is 1.